The highest BCUT2D eigenvalue weighted by Crippen LogP contribution is 2.20. The van der Waals surface area contributed by atoms with Crippen LogP contribution in [0.4, 0.5) is 0 Å². The molecule has 0 aromatic carbocycles. The second kappa shape index (κ2) is 7.58. The molecule has 2 fully saturated rings. The Bertz CT molecular complexity index is 263. The van der Waals surface area contributed by atoms with Crippen LogP contribution in [-0.4, -0.2) is 75.0 Å². The van der Waals surface area contributed by atoms with Crippen molar-refractivity contribution in [2.75, 3.05) is 47.1 Å². The minimum Gasteiger partial charge on any atom is -0.378 e. The molecule has 112 valence electrons. The normalized spacial score (nSPS) is 34.6. The predicted octanol–water partition coefficient (Wildman–Crippen LogP) is 1.60. The Labute approximate surface area is 118 Å². The van der Waals surface area contributed by atoms with E-state index in [2.05, 4.69) is 30.8 Å². The van der Waals surface area contributed by atoms with E-state index in [1.54, 1.807) is 0 Å². The average Bonchev–Trinajstić information content (AvgIpc) is 2.43. The van der Waals surface area contributed by atoms with Gasteiger partial charge in [-0.25, -0.2) is 0 Å². The van der Waals surface area contributed by atoms with Gasteiger partial charge in [-0.1, -0.05) is 13.3 Å². The largest absolute Gasteiger partial charge is 0.378 e. The number of nitrogens with zero attached hydrogens (tertiary/aromatic N) is 2. The zero-order valence-corrected chi connectivity index (χ0v) is 12.8. The molecule has 4 nitrogen and oxygen atoms in total. The van der Waals surface area contributed by atoms with E-state index in [4.69, 9.17) is 9.47 Å². The maximum atomic E-state index is 5.74. The van der Waals surface area contributed by atoms with Gasteiger partial charge in [-0.3, -0.25) is 9.80 Å². The van der Waals surface area contributed by atoms with Crippen molar-refractivity contribution in [3.8, 4) is 0 Å². The van der Waals surface area contributed by atoms with E-state index in [0.29, 0.717) is 18.1 Å². The van der Waals surface area contributed by atoms with Gasteiger partial charge in [0.2, 0.25) is 0 Å². The van der Waals surface area contributed by atoms with Gasteiger partial charge < -0.3 is 9.47 Å². The first-order chi connectivity index (χ1) is 9.22. The molecule has 2 rings (SSSR count). The fourth-order valence-electron chi connectivity index (χ4n) is 3.20. The lowest BCUT2D eigenvalue weighted by atomic mass is 10.0. The minimum atomic E-state index is 0.605. The molecule has 0 N–H and O–H groups in total. The summed E-state index contributed by atoms with van der Waals surface area (Å²) in [7, 11) is 4.48. The molecule has 1 unspecified atom stereocenters. The SMILES string of the molecule is CC[C@@H]1COCC(CCC[C@@H]2COCCN2C)N1C. The third kappa shape index (κ3) is 4.15. The smallest absolute Gasteiger partial charge is 0.0622 e. The molecule has 0 radical (unpaired) electrons. The summed E-state index contributed by atoms with van der Waals surface area (Å²) in [5.41, 5.74) is 0. The van der Waals surface area contributed by atoms with Crippen LogP contribution in [0.3, 0.4) is 0 Å². The van der Waals surface area contributed by atoms with Crippen molar-refractivity contribution in [3.63, 3.8) is 0 Å². The maximum absolute atomic E-state index is 5.74. The lowest BCUT2D eigenvalue weighted by Gasteiger charge is -2.39. The summed E-state index contributed by atoms with van der Waals surface area (Å²) in [6, 6.07) is 1.83. The predicted molar refractivity (Wildman–Crippen MR) is 77.5 cm³/mol. The van der Waals surface area contributed by atoms with Crippen LogP contribution in [0.25, 0.3) is 0 Å². The second-order valence-corrected chi connectivity index (χ2v) is 6.06. The van der Waals surface area contributed by atoms with Gasteiger partial charge in [0.15, 0.2) is 0 Å². The van der Waals surface area contributed by atoms with Gasteiger partial charge >= 0.3 is 0 Å². The fourth-order valence-corrected chi connectivity index (χ4v) is 3.20. The topological polar surface area (TPSA) is 24.9 Å². The first-order valence-electron chi connectivity index (χ1n) is 7.80. The van der Waals surface area contributed by atoms with E-state index in [1.807, 2.05) is 0 Å². The van der Waals surface area contributed by atoms with Crippen LogP contribution in [0.15, 0.2) is 0 Å². The van der Waals surface area contributed by atoms with E-state index in [0.717, 1.165) is 33.0 Å². The van der Waals surface area contributed by atoms with Gasteiger partial charge in [0, 0.05) is 24.7 Å². The Hall–Kier alpha value is -0.160. The van der Waals surface area contributed by atoms with Gasteiger partial charge in [-0.15, -0.1) is 0 Å². The molecule has 0 aliphatic carbocycles. The van der Waals surface area contributed by atoms with Crippen molar-refractivity contribution < 1.29 is 9.47 Å². The van der Waals surface area contributed by atoms with Crippen LogP contribution < -0.4 is 0 Å². The quantitative estimate of drug-likeness (QED) is 0.757. The molecule has 0 saturated carbocycles. The average molecular weight is 270 g/mol. The number of morpholine rings is 2. The number of ether oxygens (including phenoxy) is 2. The Morgan fingerprint density at radius 1 is 0.947 bits per heavy atom. The van der Waals surface area contributed by atoms with Gasteiger partial charge in [0.05, 0.1) is 26.4 Å². The van der Waals surface area contributed by atoms with Crippen LogP contribution in [0.1, 0.15) is 32.6 Å². The summed E-state index contributed by atoms with van der Waals surface area (Å²) in [4.78, 5) is 4.98. The van der Waals surface area contributed by atoms with Gasteiger partial charge in [0.1, 0.15) is 0 Å². The highest BCUT2D eigenvalue weighted by atomic mass is 16.5. The molecule has 3 atom stereocenters. The standard InChI is InChI=1S/C15H30N2O2/c1-4-13-10-19-12-15(17(13)3)7-5-6-14-11-18-9-8-16(14)2/h13-15H,4-12H2,1-3H3/t13-,14-,15?/m1/s1. The van der Waals surface area contributed by atoms with Crippen molar-refractivity contribution in [2.45, 2.75) is 50.7 Å². The van der Waals surface area contributed by atoms with Crippen molar-refractivity contribution in [1.82, 2.24) is 9.80 Å². The molecule has 19 heavy (non-hydrogen) atoms. The Morgan fingerprint density at radius 3 is 2.37 bits per heavy atom. The van der Waals surface area contributed by atoms with E-state index in [9.17, 15) is 0 Å². The molecule has 2 heterocycles. The summed E-state index contributed by atoms with van der Waals surface area (Å²) >= 11 is 0. The van der Waals surface area contributed by atoms with Crippen molar-refractivity contribution >= 4 is 0 Å². The number of hydrogen-bond donors (Lipinski definition) is 0. The first-order valence-corrected chi connectivity index (χ1v) is 7.80. The van der Waals surface area contributed by atoms with Crippen LogP contribution >= 0.6 is 0 Å². The monoisotopic (exact) mass is 270 g/mol. The maximum Gasteiger partial charge on any atom is 0.0622 e. The zero-order valence-electron chi connectivity index (χ0n) is 12.8. The summed E-state index contributed by atoms with van der Waals surface area (Å²) in [5, 5.41) is 0. The van der Waals surface area contributed by atoms with Crippen molar-refractivity contribution in [2.24, 2.45) is 0 Å². The second-order valence-electron chi connectivity index (χ2n) is 6.06. The third-order valence-electron chi connectivity index (χ3n) is 4.84. The third-order valence-corrected chi connectivity index (χ3v) is 4.84. The molecule has 0 aromatic rings. The molecular weight excluding hydrogens is 240 g/mol. The van der Waals surface area contributed by atoms with E-state index < -0.39 is 0 Å². The van der Waals surface area contributed by atoms with Crippen LogP contribution in [0.2, 0.25) is 0 Å². The highest BCUT2D eigenvalue weighted by molar-refractivity contribution is 4.81. The Morgan fingerprint density at radius 2 is 1.63 bits per heavy atom. The van der Waals surface area contributed by atoms with E-state index >= 15 is 0 Å². The van der Waals surface area contributed by atoms with Gasteiger partial charge in [-0.05, 0) is 33.4 Å². The fraction of sp³-hybridized carbons (Fsp3) is 1.00. The Kier molecular flexibility index (Phi) is 6.07. The summed E-state index contributed by atoms with van der Waals surface area (Å²) in [6.07, 6.45) is 4.95. The summed E-state index contributed by atoms with van der Waals surface area (Å²) in [6.45, 7) is 6.94. The summed E-state index contributed by atoms with van der Waals surface area (Å²) in [5.74, 6) is 0. The molecule has 0 amide bonds. The molecule has 2 saturated heterocycles. The zero-order chi connectivity index (χ0) is 13.7. The molecule has 2 aliphatic heterocycles. The number of rotatable bonds is 5. The first kappa shape index (κ1) is 15.2. The number of likely N-dealkylation sites (N-methyl/N-ethyl adjacent to an activating group) is 2. The molecule has 2 aliphatic rings. The molecule has 4 heteroatoms. The van der Waals surface area contributed by atoms with Crippen LogP contribution in [-0.2, 0) is 9.47 Å². The molecule has 0 aromatic heterocycles. The Balaban J connectivity index is 1.69. The van der Waals surface area contributed by atoms with Crippen LogP contribution in [0.5, 0.6) is 0 Å². The van der Waals surface area contributed by atoms with Crippen molar-refractivity contribution in [1.29, 1.82) is 0 Å². The van der Waals surface area contributed by atoms with Gasteiger partial charge in [0.25, 0.3) is 0 Å². The molecular formula is C15H30N2O2. The van der Waals surface area contributed by atoms with E-state index in [-0.39, 0.29) is 0 Å². The van der Waals surface area contributed by atoms with Gasteiger partial charge in [-0.2, -0.15) is 0 Å². The van der Waals surface area contributed by atoms with E-state index in [1.165, 1.54) is 25.7 Å². The molecule has 0 spiro atoms. The van der Waals surface area contributed by atoms with Crippen LogP contribution in [0, 0.1) is 0 Å². The lowest BCUT2D eigenvalue weighted by Crippen LogP contribution is -2.49. The van der Waals surface area contributed by atoms with Crippen molar-refractivity contribution in [3.05, 3.63) is 0 Å². The number of hydrogen-bond acceptors (Lipinski definition) is 4. The summed E-state index contributed by atoms with van der Waals surface area (Å²) < 4.78 is 11.3. The molecule has 0 bridgehead atoms. The minimum absolute atomic E-state index is 0.605. The highest BCUT2D eigenvalue weighted by Gasteiger charge is 2.27. The lowest BCUT2D eigenvalue weighted by molar-refractivity contribution is -0.0418.